The Bertz CT molecular complexity index is 293. The smallest absolute Gasteiger partial charge is 0.141 e. The Labute approximate surface area is 96.0 Å². The molecule has 16 heavy (non-hydrogen) atoms. The molecule has 0 saturated heterocycles. The lowest BCUT2D eigenvalue weighted by atomic mass is 9.92. The molecule has 1 heterocycles. The summed E-state index contributed by atoms with van der Waals surface area (Å²) in [5.41, 5.74) is 0. The second kappa shape index (κ2) is 5.41. The number of aromatic amines is 1. The molecule has 1 unspecified atom stereocenters. The van der Waals surface area contributed by atoms with Gasteiger partial charge in [0.05, 0.1) is 12.1 Å². The number of nitrogens with one attached hydrogen (secondary N) is 2. The number of H-pyrrole nitrogens is 1. The molecule has 0 bridgehead atoms. The molecule has 1 aromatic rings. The Kier molecular flexibility index (Phi) is 3.90. The summed E-state index contributed by atoms with van der Waals surface area (Å²) in [5.74, 6) is 0.911. The third-order valence-corrected chi connectivity index (χ3v) is 3.34. The summed E-state index contributed by atoms with van der Waals surface area (Å²) in [5, 5.41) is 10.3. The average molecular weight is 224 g/mol. The highest BCUT2D eigenvalue weighted by Crippen LogP contribution is 2.22. The summed E-state index contributed by atoms with van der Waals surface area (Å²) in [6, 6.07) is 0.818. The molecule has 2 rings (SSSR count). The Balaban J connectivity index is 1.78. The standard InChI is InChI=1S/C11H20N4O/c1-8(11-12-7-13-15-11)14-9-3-5-10(16-2)6-4-9/h7-10,14H,3-6H2,1-2H3,(H,12,13,15). The average Bonchev–Trinajstić information content (AvgIpc) is 2.83. The third kappa shape index (κ3) is 2.80. The second-order valence-electron chi connectivity index (χ2n) is 4.47. The Morgan fingerprint density at radius 2 is 2.19 bits per heavy atom. The molecule has 0 aromatic carbocycles. The molecular formula is C11H20N4O. The Hall–Kier alpha value is -0.940. The maximum atomic E-state index is 5.36. The number of hydrogen-bond donors (Lipinski definition) is 2. The van der Waals surface area contributed by atoms with Crippen LogP contribution in [0.3, 0.4) is 0 Å². The fraction of sp³-hybridized carbons (Fsp3) is 0.818. The number of ether oxygens (including phenoxy) is 1. The summed E-state index contributed by atoms with van der Waals surface area (Å²) >= 11 is 0. The van der Waals surface area contributed by atoms with Crippen molar-refractivity contribution >= 4 is 0 Å². The van der Waals surface area contributed by atoms with Gasteiger partial charge in [-0.2, -0.15) is 5.10 Å². The summed E-state index contributed by atoms with van der Waals surface area (Å²) in [4.78, 5) is 4.16. The Morgan fingerprint density at radius 3 is 2.75 bits per heavy atom. The quantitative estimate of drug-likeness (QED) is 0.811. The van der Waals surface area contributed by atoms with Gasteiger partial charge in [-0.25, -0.2) is 4.98 Å². The first-order chi connectivity index (χ1) is 7.79. The van der Waals surface area contributed by atoms with Crippen molar-refractivity contribution in [2.75, 3.05) is 7.11 Å². The van der Waals surface area contributed by atoms with Crippen LogP contribution in [0.2, 0.25) is 0 Å². The summed E-state index contributed by atoms with van der Waals surface area (Å²) in [6.45, 7) is 2.11. The van der Waals surface area contributed by atoms with E-state index in [-0.39, 0.29) is 6.04 Å². The highest BCUT2D eigenvalue weighted by Gasteiger charge is 2.22. The van der Waals surface area contributed by atoms with Crippen molar-refractivity contribution in [1.29, 1.82) is 0 Å². The van der Waals surface area contributed by atoms with Crippen molar-refractivity contribution in [2.45, 2.75) is 50.8 Å². The predicted octanol–water partition coefficient (Wildman–Crippen LogP) is 1.41. The lowest BCUT2D eigenvalue weighted by Crippen LogP contribution is -2.36. The molecule has 90 valence electrons. The molecule has 0 aliphatic heterocycles. The van der Waals surface area contributed by atoms with Gasteiger partial charge >= 0.3 is 0 Å². The van der Waals surface area contributed by atoms with E-state index >= 15 is 0 Å². The molecule has 5 heteroatoms. The first kappa shape index (κ1) is 11.5. The van der Waals surface area contributed by atoms with Crippen LogP contribution in [0.25, 0.3) is 0 Å². The van der Waals surface area contributed by atoms with E-state index in [0.717, 1.165) is 18.7 Å². The van der Waals surface area contributed by atoms with Gasteiger partial charge in [0.2, 0.25) is 0 Å². The molecule has 1 fully saturated rings. The van der Waals surface area contributed by atoms with E-state index in [0.29, 0.717) is 12.1 Å². The normalized spacial score (nSPS) is 27.9. The molecule has 1 aliphatic rings. The van der Waals surface area contributed by atoms with Crippen molar-refractivity contribution in [3.63, 3.8) is 0 Å². The molecule has 0 spiro atoms. The fourth-order valence-corrected chi connectivity index (χ4v) is 2.32. The predicted molar refractivity (Wildman–Crippen MR) is 61.0 cm³/mol. The second-order valence-corrected chi connectivity index (χ2v) is 4.47. The van der Waals surface area contributed by atoms with Crippen LogP contribution in [-0.2, 0) is 4.74 Å². The van der Waals surface area contributed by atoms with E-state index in [1.165, 1.54) is 12.8 Å². The molecule has 1 atom stereocenters. The van der Waals surface area contributed by atoms with Crippen LogP contribution in [0.15, 0.2) is 6.33 Å². The lowest BCUT2D eigenvalue weighted by Gasteiger charge is -2.29. The van der Waals surface area contributed by atoms with Crippen LogP contribution in [-0.4, -0.2) is 34.4 Å². The van der Waals surface area contributed by atoms with Crippen LogP contribution >= 0.6 is 0 Å². The van der Waals surface area contributed by atoms with Crippen LogP contribution < -0.4 is 5.32 Å². The molecule has 2 N–H and O–H groups in total. The minimum Gasteiger partial charge on any atom is -0.381 e. The number of methoxy groups -OCH3 is 1. The number of aromatic nitrogens is 3. The van der Waals surface area contributed by atoms with Crippen molar-refractivity contribution in [3.05, 3.63) is 12.2 Å². The molecule has 5 nitrogen and oxygen atoms in total. The summed E-state index contributed by atoms with van der Waals surface area (Å²) in [7, 11) is 1.80. The third-order valence-electron chi connectivity index (χ3n) is 3.34. The van der Waals surface area contributed by atoms with E-state index in [9.17, 15) is 0 Å². The van der Waals surface area contributed by atoms with Gasteiger partial charge in [0.1, 0.15) is 12.2 Å². The number of nitrogens with zero attached hydrogens (tertiary/aromatic N) is 2. The van der Waals surface area contributed by atoms with Gasteiger partial charge in [0.15, 0.2) is 0 Å². The van der Waals surface area contributed by atoms with Crippen LogP contribution in [0.4, 0.5) is 0 Å². The molecule has 1 saturated carbocycles. The molecule has 0 amide bonds. The van der Waals surface area contributed by atoms with Crippen LogP contribution in [0.1, 0.15) is 44.5 Å². The maximum Gasteiger partial charge on any atom is 0.141 e. The van der Waals surface area contributed by atoms with Crippen molar-refractivity contribution in [2.24, 2.45) is 0 Å². The van der Waals surface area contributed by atoms with E-state index in [1.54, 1.807) is 13.4 Å². The lowest BCUT2D eigenvalue weighted by molar-refractivity contribution is 0.0612. The van der Waals surface area contributed by atoms with Gasteiger partial charge in [-0.05, 0) is 32.6 Å². The van der Waals surface area contributed by atoms with Gasteiger partial charge in [0.25, 0.3) is 0 Å². The monoisotopic (exact) mass is 224 g/mol. The van der Waals surface area contributed by atoms with Gasteiger partial charge in [-0.1, -0.05) is 0 Å². The van der Waals surface area contributed by atoms with E-state index in [4.69, 9.17) is 4.74 Å². The fourth-order valence-electron chi connectivity index (χ4n) is 2.32. The SMILES string of the molecule is COC1CCC(NC(C)c2ncn[nH]2)CC1. The van der Waals surface area contributed by atoms with E-state index in [2.05, 4.69) is 27.4 Å². The van der Waals surface area contributed by atoms with E-state index in [1.807, 2.05) is 0 Å². The minimum atomic E-state index is 0.242. The van der Waals surface area contributed by atoms with Crippen LogP contribution in [0.5, 0.6) is 0 Å². The zero-order valence-corrected chi connectivity index (χ0v) is 9.94. The van der Waals surface area contributed by atoms with Crippen molar-refractivity contribution in [3.8, 4) is 0 Å². The van der Waals surface area contributed by atoms with Gasteiger partial charge in [-0.3, -0.25) is 5.10 Å². The molecule has 1 aromatic heterocycles. The molecule has 0 radical (unpaired) electrons. The van der Waals surface area contributed by atoms with Crippen molar-refractivity contribution < 1.29 is 4.74 Å². The Morgan fingerprint density at radius 1 is 1.44 bits per heavy atom. The van der Waals surface area contributed by atoms with E-state index < -0.39 is 0 Å². The van der Waals surface area contributed by atoms with Gasteiger partial charge < -0.3 is 10.1 Å². The summed E-state index contributed by atoms with van der Waals surface area (Å²) in [6.07, 6.45) is 6.66. The van der Waals surface area contributed by atoms with Gasteiger partial charge in [0, 0.05) is 13.2 Å². The first-order valence-electron chi connectivity index (χ1n) is 5.93. The van der Waals surface area contributed by atoms with Gasteiger partial charge in [-0.15, -0.1) is 0 Å². The largest absolute Gasteiger partial charge is 0.381 e. The van der Waals surface area contributed by atoms with Crippen LogP contribution in [0, 0.1) is 0 Å². The molecular weight excluding hydrogens is 204 g/mol. The van der Waals surface area contributed by atoms with Crippen molar-refractivity contribution in [1.82, 2.24) is 20.5 Å². The number of rotatable bonds is 4. The summed E-state index contributed by atoms with van der Waals surface area (Å²) < 4.78 is 5.36. The minimum absolute atomic E-state index is 0.242. The maximum absolute atomic E-state index is 5.36. The zero-order valence-electron chi connectivity index (χ0n) is 9.94. The molecule has 1 aliphatic carbocycles. The first-order valence-corrected chi connectivity index (χ1v) is 5.93. The topological polar surface area (TPSA) is 62.8 Å². The number of hydrogen-bond acceptors (Lipinski definition) is 4. The highest BCUT2D eigenvalue weighted by atomic mass is 16.5. The highest BCUT2D eigenvalue weighted by molar-refractivity contribution is 4.91. The zero-order chi connectivity index (χ0) is 11.4.